The van der Waals surface area contributed by atoms with Crippen LogP contribution in [0.4, 0.5) is 15.8 Å². The smallest absolute Gasteiger partial charge is 0.272 e. The first-order chi connectivity index (χ1) is 19.3. The molecule has 4 aromatic carbocycles. The van der Waals surface area contributed by atoms with E-state index in [4.69, 9.17) is 0 Å². The van der Waals surface area contributed by atoms with Crippen molar-refractivity contribution < 1.29 is 18.8 Å². The van der Waals surface area contributed by atoms with E-state index in [-0.39, 0.29) is 17.4 Å². The van der Waals surface area contributed by atoms with Crippen LogP contribution in [0.15, 0.2) is 108 Å². The van der Waals surface area contributed by atoms with E-state index in [9.17, 15) is 18.8 Å². The number of thioether (sulfide) groups is 1. The van der Waals surface area contributed by atoms with Crippen LogP contribution in [0, 0.1) is 19.7 Å². The van der Waals surface area contributed by atoms with E-state index in [1.807, 2.05) is 32.0 Å². The van der Waals surface area contributed by atoms with Gasteiger partial charge in [0.05, 0.1) is 5.75 Å². The van der Waals surface area contributed by atoms with Crippen LogP contribution in [0.5, 0.6) is 0 Å². The second-order valence-corrected chi connectivity index (χ2v) is 10.1. The van der Waals surface area contributed by atoms with Crippen molar-refractivity contribution in [3.63, 3.8) is 0 Å². The first-order valence-corrected chi connectivity index (χ1v) is 13.5. The number of carbonyl (C=O) groups excluding carboxylic acids is 3. The van der Waals surface area contributed by atoms with Gasteiger partial charge < -0.3 is 16.0 Å². The third-order valence-corrected chi connectivity index (χ3v) is 6.99. The number of rotatable bonds is 9. The van der Waals surface area contributed by atoms with E-state index in [0.29, 0.717) is 16.8 Å². The van der Waals surface area contributed by atoms with Gasteiger partial charge in [0.25, 0.3) is 11.8 Å². The van der Waals surface area contributed by atoms with E-state index < -0.39 is 17.6 Å². The van der Waals surface area contributed by atoms with E-state index in [0.717, 1.165) is 21.7 Å². The highest BCUT2D eigenvalue weighted by atomic mass is 32.2. The number of anilines is 2. The number of carbonyl (C=O) groups is 3. The topological polar surface area (TPSA) is 87.3 Å². The fourth-order valence-corrected chi connectivity index (χ4v) is 4.36. The summed E-state index contributed by atoms with van der Waals surface area (Å²) >= 11 is 1.37. The van der Waals surface area contributed by atoms with Gasteiger partial charge in [-0.1, -0.05) is 36.4 Å². The van der Waals surface area contributed by atoms with Gasteiger partial charge in [0.1, 0.15) is 11.5 Å². The molecule has 0 fully saturated rings. The predicted octanol–water partition coefficient (Wildman–Crippen LogP) is 6.58. The van der Waals surface area contributed by atoms with Crippen molar-refractivity contribution in [1.82, 2.24) is 5.32 Å². The highest BCUT2D eigenvalue weighted by molar-refractivity contribution is 8.00. The summed E-state index contributed by atoms with van der Waals surface area (Å²) in [5.74, 6) is -1.28. The maximum absolute atomic E-state index is 13.4. The molecule has 4 rings (SSSR count). The molecule has 0 bridgehead atoms. The van der Waals surface area contributed by atoms with Crippen molar-refractivity contribution >= 4 is 46.9 Å². The van der Waals surface area contributed by atoms with Crippen LogP contribution >= 0.6 is 11.8 Å². The zero-order valence-corrected chi connectivity index (χ0v) is 22.8. The lowest BCUT2D eigenvalue weighted by Gasteiger charge is -2.12. The Kier molecular flexibility index (Phi) is 9.48. The van der Waals surface area contributed by atoms with Crippen LogP contribution in [0.1, 0.15) is 27.0 Å². The highest BCUT2D eigenvalue weighted by Crippen LogP contribution is 2.22. The molecule has 0 heterocycles. The SMILES string of the molecule is Cc1ccc(NC(=O)CSc2ccc(NC(=O)/C(=C/c3ccc(F)cc3)NC(=O)c3ccccc3)cc2)cc1C. The van der Waals surface area contributed by atoms with Crippen LogP contribution in [0.25, 0.3) is 6.08 Å². The number of aryl methyl sites for hydroxylation is 2. The fraction of sp³-hybridized carbons (Fsp3) is 0.0938. The van der Waals surface area contributed by atoms with Crippen molar-refractivity contribution in [2.24, 2.45) is 0 Å². The standard InChI is InChI=1S/C32H28FN3O3S/c1-21-8-13-27(18-22(21)2)34-30(37)20-40-28-16-14-26(15-17-28)35-32(39)29(19-23-9-11-25(33)12-10-23)36-31(38)24-6-4-3-5-7-24/h3-19H,20H2,1-2H3,(H,34,37)(H,35,39)(H,36,38)/b29-19-. The Morgan fingerprint density at radius 3 is 2.12 bits per heavy atom. The Morgan fingerprint density at radius 1 is 0.775 bits per heavy atom. The maximum atomic E-state index is 13.4. The first kappa shape index (κ1) is 28.3. The minimum absolute atomic E-state index is 0.00178. The zero-order valence-electron chi connectivity index (χ0n) is 22.0. The van der Waals surface area contributed by atoms with Gasteiger partial charge in [-0.05, 0) is 97.3 Å². The fourth-order valence-electron chi connectivity index (χ4n) is 3.67. The predicted molar refractivity (Wildman–Crippen MR) is 159 cm³/mol. The Hall–Kier alpha value is -4.69. The van der Waals surface area contributed by atoms with Crippen LogP contribution in [-0.4, -0.2) is 23.5 Å². The minimum atomic E-state index is -0.540. The second kappa shape index (κ2) is 13.4. The van der Waals surface area contributed by atoms with Gasteiger partial charge in [0, 0.05) is 21.8 Å². The Morgan fingerprint density at radius 2 is 1.45 bits per heavy atom. The average Bonchev–Trinajstić information content (AvgIpc) is 2.96. The molecule has 0 spiro atoms. The summed E-state index contributed by atoms with van der Waals surface area (Å²) < 4.78 is 13.4. The first-order valence-electron chi connectivity index (χ1n) is 12.5. The lowest BCUT2D eigenvalue weighted by Crippen LogP contribution is -2.30. The monoisotopic (exact) mass is 553 g/mol. The molecular formula is C32H28FN3O3S. The molecule has 0 unspecified atom stereocenters. The highest BCUT2D eigenvalue weighted by Gasteiger charge is 2.15. The molecular weight excluding hydrogens is 525 g/mol. The van der Waals surface area contributed by atoms with Crippen molar-refractivity contribution in [2.75, 3.05) is 16.4 Å². The summed E-state index contributed by atoms with van der Waals surface area (Å²) in [6, 6.07) is 26.9. The van der Waals surface area contributed by atoms with Gasteiger partial charge in [-0.3, -0.25) is 14.4 Å². The van der Waals surface area contributed by atoms with Crippen LogP contribution in [0.3, 0.4) is 0 Å². The van der Waals surface area contributed by atoms with Gasteiger partial charge in [0.15, 0.2) is 0 Å². The van der Waals surface area contributed by atoms with Gasteiger partial charge >= 0.3 is 0 Å². The summed E-state index contributed by atoms with van der Waals surface area (Å²) in [5.41, 5.74) is 4.48. The molecule has 0 aliphatic heterocycles. The van der Waals surface area contributed by atoms with Gasteiger partial charge in [0.2, 0.25) is 5.91 Å². The van der Waals surface area contributed by atoms with Crippen LogP contribution in [0.2, 0.25) is 0 Å². The summed E-state index contributed by atoms with van der Waals surface area (Å²) in [5, 5.41) is 8.34. The molecule has 0 saturated heterocycles. The number of hydrogen-bond acceptors (Lipinski definition) is 4. The van der Waals surface area contributed by atoms with E-state index in [1.54, 1.807) is 54.6 Å². The molecule has 3 amide bonds. The second-order valence-electron chi connectivity index (χ2n) is 9.04. The summed E-state index contributed by atoms with van der Waals surface area (Å²) in [6.07, 6.45) is 1.48. The van der Waals surface area contributed by atoms with Crippen molar-refractivity contribution in [1.29, 1.82) is 0 Å². The summed E-state index contributed by atoms with van der Waals surface area (Å²) in [7, 11) is 0. The Bertz CT molecular complexity index is 1540. The normalized spacial score (nSPS) is 11.0. The lowest BCUT2D eigenvalue weighted by atomic mass is 10.1. The Balaban J connectivity index is 1.39. The number of benzene rings is 4. The molecule has 4 aromatic rings. The van der Waals surface area contributed by atoms with E-state index >= 15 is 0 Å². The number of halogens is 1. The van der Waals surface area contributed by atoms with Crippen molar-refractivity contribution in [3.8, 4) is 0 Å². The van der Waals surface area contributed by atoms with Gasteiger partial charge in [-0.25, -0.2) is 4.39 Å². The maximum Gasteiger partial charge on any atom is 0.272 e. The molecule has 6 nitrogen and oxygen atoms in total. The minimum Gasteiger partial charge on any atom is -0.325 e. The molecule has 0 aliphatic rings. The average molecular weight is 554 g/mol. The molecule has 0 aliphatic carbocycles. The number of amides is 3. The summed E-state index contributed by atoms with van der Waals surface area (Å²) in [4.78, 5) is 39.1. The molecule has 0 saturated carbocycles. The van der Waals surface area contributed by atoms with Gasteiger partial charge in [-0.2, -0.15) is 0 Å². The van der Waals surface area contributed by atoms with Crippen molar-refractivity contribution in [3.05, 3.63) is 131 Å². The molecule has 8 heteroatoms. The summed E-state index contributed by atoms with van der Waals surface area (Å²) in [6.45, 7) is 4.02. The molecule has 0 atom stereocenters. The molecule has 3 N–H and O–H groups in total. The van der Waals surface area contributed by atoms with Crippen LogP contribution in [-0.2, 0) is 9.59 Å². The molecule has 40 heavy (non-hydrogen) atoms. The Labute approximate surface area is 236 Å². The molecule has 0 aromatic heterocycles. The molecule has 0 radical (unpaired) electrons. The third kappa shape index (κ3) is 8.15. The van der Waals surface area contributed by atoms with E-state index in [2.05, 4.69) is 16.0 Å². The number of nitrogens with one attached hydrogen (secondary N) is 3. The molecule has 202 valence electrons. The lowest BCUT2D eigenvalue weighted by molar-refractivity contribution is -0.114. The third-order valence-electron chi connectivity index (χ3n) is 5.98. The zero-order chi connectivity index (χ0) is 28.5. The number of hydrogen-bond donors (Lipinski definition) is 3. The van der Waals surface area contributed by atoms with Gasteiger partial charge in [-0.15, -0.1) is 11.8 Å². The largest absolute Gasteiger partial charge is 0.325 e. The van der Waals surface area contributed by atoms with E-state index in [1.165, 1.54) is 42.1 Å². The van der Waals surface area contributed by atoms with Crippen molar-refractivity contribution in [2.45, 2.75) is 18.7 Å². The van der Waals surface area contributed by atoms with Crippen LogP contribution < -0.4 is 16.0 Å². The quantitative estimate of drug-likeness (QED) is 0.161.